The highest BCUT2D eigenvalue weighted by Crippen LogP contribution is 2.52. The van der Waals surface area contributed by atoms with Crippen molar-refractivity contribution in [2.75, 3.05) is 22.3 Å². The van der Waals surface area contributed by atoms with Crippen molar-refractivity contribution in [1.82, 2.24) is 0 Å². The Hall–Kier alpha value is -2.22. The number of carboxylic acids is 1. The monoisotopic (exact) mass is 348 g/mol. The lowest BCUT2D eigenvalue weighted by atomic mass is 9.96. The summed E-state index contributed by atoms with van der Waals surface area (Å²) in [6.07, 6.45) is 0.664. The lowest BCUT2D eigenvalue weighted by molar-refractivity contribution is 0.0697. The Labute approximate surface area is 142 Å². The number of rotatable bonds is 3. The van der Waals surface area contributed by atoms with Crippen LogP contribution in [0.15, 0.2) is 48.5 Å². The topological polar surface area (TPSA) is 107 Å². The van der Waals surface area contributed by atoms with Crippen molar-refractivity contribution < 1.29 is 19.0 Å². The van der Waals surface area contributed by atoms with Crippen LogP contribution in [-0.2, 0) is 0 Å². The molecule has 1 unspecified atom stereocenters. The summed E-state index contributed by atoms with van der Waals surface area (Å²) in [5.74, 6) is -0.721. The van der Waals surface area contributed by atoms with Gasteiger partial charge in [0.05, 0.1) is 17.0 Å². The summed E-state index contributed by atoms with van der Waals surface area (Å²) in [4.78, 5) is 11.2. The molecule has 6 nitrogen and oxygen atoms in total. The lowest BCUT2D eigenvalue weighted by Gasteiger charge is -2.50. The summed E-state index contributed by atoms with van der Waals surface area (Å²) in [6, 6.07) is 14.2. The van der Waals surface area contributed by atoms with Gasteiger partial charge in [0.15, 0.2) is 0 Å². The van der Waals surface area contributed by atoms with Gasteiger partial charge in [-0.15, -0.1) is 10.8 Å². The molecule has 0 radical (unpaired) electrons. The first-order valence-corrected chi connectivity index (χ1v) is 9.26. The predicted octanol–water partition coefficient (Wildman–Crippen LogP) is 3.63. The Balaban J connectivity index is 1.96. The van der Waals surface area contributed by atoms with Crippen LogP contribution < -0.4 is 10.0 Å². The maximum atomic E-state index is 11.2. The summed E-state index contributed by atoms with van der Waals surface area (Å²) < 4.78 is 22.4. The molecule has 1 saturated heterocycles. The number of hydrogen-bond acceptors (Lipinski definition) is 5. The predicted molar refractivity (Wildman–Crippen MR) is 96.7 cm³/mol. The van der Waals surface area contributed by atoms with E-state index < -0.39 is 16.7 Å². The molecule has 2 aromatic carbocycles. The summed E-state index contributed by atoms with van der Waals surface area (Å²) in [7, 11) is -2.99. The van der Waals surface area contributed by atoms with Gasteiger partial charge in [0.25, 0.3) is 0 Å². The van der Waals surface area contributed by atoms with Crippen molar-refractivity contribution in [2.45, 2.75) is 12.3 Å². The van der Waals surface area contributed by atoms with Crippen LogP contribution in [0.1, 0.15) is 28.3 Å². The number of nitrogens with two attached hydrogens (primary N) is 1. The second-order valence-electron chi connectivity index (χ2n) is 5.91. The molecule has 1 atom stereocenters. The first-order valence-electron chi connectivity index (χ1n) is 7.59. The fourth-order valence-electron chi connectivity index (χ4n) is 3.00. The van der Waals surface area contributed by atoms with Gasteiger partial charge in [-0.1, -0.05) is 30.3 Å². The largest absolute Gasteiger partial charge is 0.478 e. The molecule has 2 aromatic rings. The van der Waals surface area contributed by atoms with E-state index in [1.807, 2.05) is 30.3 Å². The number of benzene rings is 2. The zero-order valence-electron chi connectivity index (χ0n) is 13.0. The zero-order chi connectivity index (χ0) is 17.3. The van der Waals surface area contributed by atoms with E-state index in [-0.39, 0.29) is 22.9 Å². The normalized spacial score (nSPS) is 21.2. The maximum absolute atomic E-state index is 11.2. The molecular formula is C17H20N2O4S. The molecule has 0 bridgehead atoms. The molecule has 5 N–H and O–H groups in total. The van der Waals surface area contributed by atoms with Crippen LogP contribution in [0.25, 0.3) is 0 Å². The van der Waals surface area contributed by atoms with E-state index in [1.165, 1.54) is 16.4 Å². The van der Waals surface area contributed by atoms with Crippen molar-refractivity contribution in [3.8, 4) is 0 Å². The molecule has 0 amide bonds. The standard InChI is InChI=1S/C17H20N2O4S/c18-15-8-14(17(20)21)9-16(10-15)19-11-13(6-7-24(19,22)23)12-4-2-1-3-5-12/h1-5,8-10,13,22-23H,6-7,11,18H2,(H,20,21). The van der Waals surface area contributed by atoms with Gasteiger partial charge in [-0.25, -0.2) is 4.79 Å². The second kappa shape index (κ2) is 6.35. The summed E-state index contributed by atoms with van der Waals surface area (Å²) >= 11 is 0. The lowest BCUT2D eigenvalue weighted by Crippen LogP contribution is -2.38. The number of nitrogen functional groups attached to an aromatic ring is 1. The van der Waals surface area contributed by atoms with E-state index in [9.17, 15) is 19.0 Å². The van der Waals surface area contributed by atoms with Gasteiger partial charge < -0.3 is 10.8 Å². The molecule has 1 heterocycles. The molecule has 0 saturated carbocycles. The van der Waals surface area contributed by atoms with Gasteiger partial charge in [0, 0.05) is 18.2 Å². The smallest absolute Gasteiger partial charge is 0.335 e. The van der Waals surface area contributed by atoms with Crippen LogP contribution in [0.2, 0.25) is 0 Å². The van der Waals surface area contributed by atoms with Crippen molar-refractivity contribution in [3.63, 3.8) is 0 Å². The molecule has 0 spiro atoms. The highest BCUT2D eigenvalue weighted by Gasteiger charge is 2.33. The zero-order valence-corrected chi connectivity index (χ0v) is 13.8. The average molecular weight is 348 g/mol. The van der Waals surface area contributed by atoms with Crippen LogP contribution >= 0.6 is 10.8 Å². The Bertz CT molecular complexity index is 752. The Kier molecular flexibility index (Phi) is 4.40. The molecule has 0 aromatic heterocycles. The molecule has 0 aliphatic carbocycles. The fraction of sp³-hybridized carbons (Fsp3) is 0.235. The third-order valence-corrected chi connectivity index (χ3v) is 6.07. The number of anilines is 2. The first kappa shape index (κ1) is 16.6. The summed E-state index contributed by atoms with van der Waals surface area (Å²) in [5, 5.41) is 9.20. The van der Waals surface area contributed by atoms with E-state index in [4.69, 9.17) is 5.73 Å². The number of carboxylic acid groups (broad SMARTS) is 1. The Morgan fingerprint density at radius 1 is 1.17 bits per heavy atom. The maximum Gasteiger partial charge on any atom is 0.335 e. The number of carbonyl (C=O) groups is 1. The van der Waals surface area contributed by atoms with Gasteiger partial charge in [-0.3, -0.25) is 13.4 Å². The Morgan fingerprint density at radius 3 is 2.54 bits per heavy atom. The van der Waals surface area contributed by atoms with Crippen molar-refractivity contribution in [1.29, 1.82) is 0 Å². The van der Waals surface area contributed by atoms with Crippen molar-refractivity contribution >= 4 is 28.1 Å². The summed E-state index contributed by atoms with van der Waals surface area (Å²) in [5.41, 5.74) is 7.65. The third-order valence-electron chi connectivity index (χ3n) is 4.23. The van der Waals surface area contributed by atoms with E-state index in [2.05, 4.69) is 0 Å². The minimum Gasteiger partial charge on any atom is -0.478 e. The van der Waals surface area contributed by atoms with Crippen LogP contribution in [0.4, 0.5) is 11.4 Å². The molecule has 7 heteroatoms. The number of aromatic carboxylic acids is 1. The van der Waals surface area contributed by atoms with E-state index >= 15 is 0 Å². The third kappa shape index (κ3) is 3.33. The van der Waals surface area contributed by atoms with Crippen molar-refractivity contribution in [2.24, 2.45) is 0 Å². The molecule has 1 fully saturated rings. The molecular weight excluding hydrogens is 328 g/mol. The average Bonchev–Trinajstić information content (AvgIpc) is 2.54. The van der Waals surface area contributed by atoms with Gasteiger partial charge in [-0.05, 0) is 30.2 Å². The number of nitrogens with zero attached hydrogens (tertiary/aromatic N) is 1. The molecule has 128 valence electrons. The number of hydrogen-bond donors (Lipinski definition) is 4. The van der Waals surface area contributed by atoms with Crippen molar-refractivity contribution in [3.05, 3.63) is 59.7 Å². The fourth-order valence-corrected chi connectivity index (χ4v) is 4.68. The SMILES string of the molecule is Nc1cc(C(=O)O)cc(N2CC(c3ccccc3)CCS2(O)O)c1. The van der Waals surface area contributed by atoms with E-state index in [0.717, 1.165) is 5.56 Å². The molecule has 1 aliphatic rings. The highest BCUT2D eigenvalue weighted by atomic mass is 32.3. The van der Waals surface area contributed by atoms with E-state index in [1.54, 1.807) is 6.07 Å². The second-order valence-corrected chi connectivity index (χ2v) is 8.03. The van der Waals surface area contributed by atoms with Gasteiger partial charge >= 0.3 is 5.97 Å². The van der Waals surface area contributed by atoms with Crippen LogP contribution in [0.3, 0.4) is 0 Å². The molecule has 3 rings (SSSR count). The van der Waals surface area contributed by atoms with Gasteiger partial charge in [-0.2, -0.15) is 0 Å². The van der Waals surface area contributed by atoms with Crippen LogP contribution in [-0.4, -0.2) is 32.5 Å². The minimum absolute atomic E-state index is 0.0297. The molecule has 24 heavy (non-hydrogen) atoms. The van der Waals surface area contributed by atoms with Crippen LogP contribution in [0.5, 0.6) is 0 Å². The summed E-state index contributed by atoms with van der Waals surface area (Å²) in [6.45, 7) is 0.398. The van der Waals surface area contributed by atoms with Crippen LogP contribution in [0, 0.1) is 0 Å². The Morgan fingerprint density at radius 2 is 1.88 bits per heavy atom. The minimum atomic E-state index is -2.99. The highest BCUT2D eigenvalue weighted by molar-refractivity contribution is 8.25. The van der Waals surface area contributed by atoms with Gasteiger partial charge in [0.1, 0.15) is 0 Å². The molecule has 1 aliphatic heterocycles. The van der Waals surface area contributed by atoms with Gasteiger partial charge in [0.2, 0.25) is 0 Å². The first-order chi connectivity index (χ1) is 11.4. The quantitative estimate of drug-likeness (QED) is 0.631. The van der Waals surface area contributed by atoms with E-state index in [0.29, 0.717) is 18.7 Å².